The summed E-state index contributed by atoms with van der Waals surface area (Å²) < 4.78 is 32.5. The van der Waals surface area contributed by atoms with Gasteiger partial charge in [-0.3, -0.25) is 9.58 Å². The number of ether oxygens (including phenoxy) is 1. The fourth-order valence-electron chi connectivity index (χ4n) is 3.37. The van der Waals surface area contributed by atoms with E-state index in [1.807, 2.05) is 6.20 Å². The lowest BCUT2D eigenvalue weighted by Gasteiger charge is -2.40. The summed E-state index contributed by atoms with van der Waals surface area (Å²) in [4.78, 5) is 2.50. The number of rotatable bonds is 5. The summed E-state index contributed by atoms with van der Waals surface area (Å²) in [5.41, 5.74) is 1.21. The van der Waals surface area contributed by atoms with Crippen LogP contribution in [-0.2, 0) is 21.3 Å². The SMILES string of the molecule is CS(=O)(=O)NCC[C@H]1CN(C2CCOCC2)Cc2ccnn21. The van der Waals surface area contributed by atoms with E-state index in [1.54, 1.807) is 0 Å². The monoisotopic (exact) mass is 328 g/mol. The molecule has 7 nitrogen and oxygen atoms in total. The number of aromatic nitrogens is 2. The number of hydrogen-bond donors (Lipinski definition) is 1. The van der Waals surface area contributed by atoms with Gasteiger partial charge in [-0.15, -0.1) is 0 Å². The highest BCUT2D eigenvalue weighted by molar-refractivity contribution is 7.88. The summed E-state index contributed by atoms with van der Waals surface area (Å²) in [6, 6.07) is 2.83. The van der Waals surface area contributed by atoms with Gasteiger partial charge in [0.15, 0.2) is 0 Å². The molecule has 22 heavy (non-hydrogen) atoms. The van der Waals surface area contributed by atoms with Crippen LogP contribution in [0.1, 0.15) is 31.0 Å². The molecule has 2 aliphatic heterocycles. The van der Waals surface area contributed by atoms with Crippen LogP contribution in [0.4, 0.5) is 0 Å². The van der Waals surface area contributed by atoms with Gasteiger partial charge in [0, 0.05) is 45.1 Å². The minimum atomic E-state index is -3.13. The van der Waals surface area contributed by atoms with Crippen molar-refractivity contribution in [3.63, 3.8) is 0 Å². The van der Waals surface area contributed by atoms with Crippen LogP contribution in [0.15, 0.2) is 12.3 Å². The van der Waals surface area contributed by atoms with Crippen molar-refractivity contribution in [1.29, 1.82) is 0 Å². The van der Waals surface area contributed by atoms with Crippen LogP contribution < -0.4 is 4.72 Å². The van der Waals surface area contributed by atoms with Crippen LogP contribution in [0.3, 0.4) is 0 Å². The number of sulfonamides is 1. The Balaban J connectivity index is 1.66. The molecule has 0 unspecified atom stereocenters. The summed E-state index contributed by atoms with van der Waals surface area (Å²) in [7, 11) is -3.13. The van der Waals surface area contributed by atoms with Crippen molar-refractivity contribution in [3.8, 4) is 0 Å². The second-order valence-electron chi connectivity index (χ2n) is 6.15. The van der Waals surface area contributed by atoms with Crippen LogP contribution >= 0.6 is 0 Å². The Morgan fingerprint density at radius 3 is 2.91 bits per heavy atom. The summed E-state index contributed by atoms with van der Waals surface area (Å²) in [6.45, 7) is 3.96. The van der Waals surface area contributed by atoms with Gasteiger partial charge in [-0.25, -0.2) is 13.1 Å². The second-order valence-corrected chi connectivity index (χ2v) is 7.98. The smallest absolute Gasteiger partial charge is 0.208 e. The normalized spacial score (nSPS) is 24.3. The summed E-state index contributed by atoms with van der Waals surface area (Å²) in [5.74, 6) is 0. The maximum atomic E-state index is 11.2. The lowest BCUT2D eigenvalue weighted by molar-refractivity contribution is 0.0159. The number of nitrogens with one attached hydrogen (secondary N) is 1. The number of nitrogens with zero attached hydrogens (tertiary/aromatic N) is 3. The Hall–Kier alpha value is -0.960. The third kappa shape index (κ3) is 3.87. The molecule has 0 aromatic carbocycles. The van der Waals surface area contributed by atoms with Gasteiger partial charge >= 0.3 is 0 Å². The molecule has 0 radical (unpaired) electrons. The van der Waals surface area contributed by atoms with Gasteiger partial charge in [-0.2, -0.15) is 5.10 Å². The highest BCUT2D eigenvalue weighted by atomic mass is 32.2. The van der Waals surface area contributed by atoms with Gasteiger partial charge in [0.05, 0.1) is 18.0 Å². The van der Waals surface area contributed by atoms with Crippen LogP contribution in [0.5, 0.6) is 0 Å². The first-order chi connectivity index (χ1) is 10.5. The van der Waals surface area contributed by atoms with E-state index >= 15 is 0 Å². The standard InChI is InChI=1S/C14H24N4O3S/c1-22(19,20)16-7-3-14-11-17(12-4-8-21-9-5-12)10-13-2-6-15-18(13)14/h2,6,12,14,16H,3-5,7-11H2,1H3/t14-/m0/s1. The molecule has 124 valence electrons. The molecule has 1 aromatic rings. The highest BCUT2D eigenvalue weighted by Gasteiger charge is 2.30. The Kier molecular flexibility index (Phi) is 4.82. The summed E-state index contributed by atoms with van der Waals surface area (Å²) >= 11 is 0. The molecule has 1 N–H and O–H groups in total. The molecular formula is C14H24N4O3S. The van der Waals surface area contributed by atoms with E-state index in [0.717, 1.165) is 45.6 Å². The molecule has 0 saturated carbocycles. The van der Waals surface area contributed by atoms with E-state index in [2.05, 4.69) is 25.5 Å². The van der Waals surface area contributed by atoms with E-state index < -0.39 is 10.0 Å². The van der Waals surface area contributed by atoms with E-state index in [0.29, 0.717) is 12.6 Å². The molecule has 0 amide bonds. The molecule has 0 bridgehead atoms. The van der Waals surface area contributed by atoms with Crippen molar-refractivity contribution in [3.05, 3.63) is 18.0 Å². The predicted octanol–water partition coefficient (Wildman–Crippen LogP) is 0.358. The summed E-state index contributed by atoms with van der Waals surface area (Å²) in [6.07, 6.45) is 5.92. The number of fused-ring (bicyclic) bond motifs is 1. The number of hydrogen-bond acceptors (Lipinski definition) is 5. The predicted molar refractivity (Wildman–Crippen MR) is 83.0 cm³/mol. The highest BCUT2D eigenvalue weighted by Crippen LogP contribution is 2.27. The zero-order chi connectivity index (χ0) is 15.6. The second kappa shape index (κ2) is 6.66. The average Bonchev–Trinajstić information content (AvgIpc) is 2.95. The van der Waals surface area contributed by atoms with Crippen LogP contribution in [-0.4, -0.2) is 61.7 Å². The zero-order valence-electron chi connectivity index (χ0n) is 12.9. The molecule has 0 aliphatic carbocycles. The molecule has 1 fully saturated rings. The Labute approximate surface area is 131 Å². The molecule has 1 saturated heterocycles. The van der Waals surface area contributed by atoms with Crippen LogP contribution in [0.25, 0.3) is 0 Å². The largest absolute Gasteiger partial charge is 0.381 e. The zero-order valence-corrected chi connectivity index (χ0v) is 13.8. The first-order valence-corrected chi connectivity index (χ1v) is 9.71. The Morgan fingerprint density at radius 1 is 1.41 bits per heavy atom. The first-order valence-electron chi connectivity index (χ1n) is 7.82. The topological polar surface area (TPSA) is 76.5 Å². The van der Waals surface area contributed by atoms with Crippen molar-refractivity contribution in [2.45, 2.75) is 37.9 Å². The van der Waals surface area contributed by atoms with Crippen LogP contribution in [0, 0.1) is 0 Å². The lowest BCUT2D eigenvalue weighted by atomic mass is 10.0. The maximum absolute atomic E-state index is 11.2. The lowest BCUT2D eigenvalue weighted by Crippen LogP contribution is -2.46. The van der Waals surface area contributed by atoms with E-state index in [4.69, 9.17) is 4.74 Å². The van der Waals surface area contributed by atoms with Gasteiger partial charge in [-0.1, -0.05) is 0 Å². The molecule has 2 aliphatic rings. The van der Waals surface area contributed by atoms with Crippen molar-refractivity contribution >= 4 is 10.0 Å². The van der Waals surface area contributed by atoms with E-state index in [1.165, 1.54) is 11.9 Å². The quantitative estimate of drug-likeness (QED) is 0.844. The van der Waals surface area contributed by atoms with Crippen molar-refractivity contribution in [2.75, 3.05) is 32.6 Å². The maximum Gasteiger partial charge on any atom is 0.208 e. The molecule has 1 atom stereocenters. The van der Waals surface area contributed by atoms with Gasteiger partial charge < -0.3 is 4.74 Å². The molecular weight excluding hydrogens is 304 g/mol. The van der Waals surface area contributed by atoms with Gasteiger partial charge in [0.2, 0.25) is 10.0 Å². The fourth-order valence-corrected chi connectivity index (χ4v) is 3.86. The Bertz CT molecular complexity index is 595. The first kappa shape index (κ1) is 15.9. The molecule has 8 heteroatoms. The van der Waals surface area contributed by atoms with Gasteiger partial charge in [-0.05, 0) is 25.3 Å². The molecule has 3 rings (SSSR count). The van der Waals surface area contributed by atoms with Crippen molar-refractivity contribution < 1.29 is 13.2 Å². The van der Waals surface area contributed by atoms with Crippen LogP contribution in [0.2, 0.25) is 0 Å². The van der Waals surface area contributed by atoms with Crippen molar-refractivity contribution in [2.24, 2.45) is 0 Å². The third-order valence-corrected chi connectivity index (χ3v) is 5.19. The van der Waals surface area contributed by atoms with E-state index in [9.17, 15) is 8.42 Å². The average molecular weight is 328 g/mol. The molecule has 3 heterocycles. The molecule has 0 spiro atoms. The van der Waals surface area contributed by atoms with Crippen molar-refractivity contribution in [1.82, 2.24) is 19.4 Å². The minimum Gasteiger partial charge on any atom is -0.381 e. The summed E-state index contributed by atoms with van der Waals surface area (Å²) in [5, 5.41) is 4.42. The fraction of sp³-hybridized carbons (Fsp3) is 0.786. The van der Waals surface area contributed by atoms with Gasteiger partial charge in [0.1, 0.15) is 0 Å². The Morgan fingerprint density at radius 2 is 2.18 bits per heavy atom. The van der Waals surface area contributed by atoms with Gasteiger partial charge in [0.25, 0.3) is 0 Å². The minimum absolute atomic E-state index is 0.218. The van der Waals surface area contributed by atoms with E-state index in [-0.39, 0.29) is 6.04 Å². The third-order valence-electron chi connectivity index (χ3n) is 4.46. The molecule has 1 aromatic heterocycles.